The quantitative estimate of drug-likeness (QED) is 0.315. The lowest BCUT2D eigenvalue weighted by atomic mass is 9.95. The van der Waals surface area contributed by atoms with Gasteiger partial charge in [0, 0.05) is 23.1 Å². The molecule has 1 aliphatic rings. The van der Waals surface area contributed by atoms with Crippen molar-refractivity contribution in [2.75, 3.05) is 32.8 Å². The summed E-state index contributed by atoms with van der Waals surface area (Å²) in [5, 5.41) is 17.6. The van der Waals surface area contributed by atoms with Gasteiger partial charge in [-0.2, -0.15) is 0 Å². The summed E-state index contributed by atoms with van der Waals surface area (Å²) >= 11 is 0. The van der Waals surface area contributed by atoms with Crippen LogP contribution in [0.25, 0.3) is 22.2 Å². The van der Waals surface area contributed by atoms with Gasteiger partial charge in [0.2, 0.25) is 0 Å². The van der Waals surface area contributed by atoms with Gasteiger partial charge in [0.15, 0.2) is 0 Å². The predicted octanol–water partition coefficient (Wildman–Crippen LogP) is 4.72. The van der Waals surface area contributed by atoms with E-state index in [9.17, 15) is 10.0 Å². The molecular weight excluding hydrogens is 438 g/mol. The van der Waals surface area contributed by atoms with Crippen molar-refractivity contribution in [3.8, 4) is 11.3 Å². The molecule has 5 rings (SSSR count). The Morgan fingerprint density at radius 1 is 0.914 bits per heavy atom. The topological polar surface area (TPSA) is 74.3 Å². The molecule has 178 valence electrons. The van der Waals surface area contributed by atoms with Crippen LogP contribution in [0.4, 0.5) is 0 Å². The number of para-hydroxylation sites is 1. The molecule has 0 bridgehead atoms. The number of benzene rings is 3. The molecule has 1 amide bonds. The lowest BCUT2D eigenvalue weighted by molar-refractivity contribution is -0.901. The fraction of sp³-hybridized carbons (Fsp3) is 0.241. The van der Waals surface area contributed by atoms with Gasteiger partial charge in [0.1, 0.15) is 19.6 Å². The van der Waals surface area contributed by atoms with Crippen LogP contribution in [0.5, 0.6) is 0 Å². The average Bonchev–Trinajstić information content (AvgIpc) is 2.89. The van der Waals surface area contributed by atoms with Crippen LogP contribution in [0.1, 0.15) is 21.5 Å². The second kappa shape index (κ2) is 10.4. The molecule has 1 aromatic heterocycles. The maximum Gasteiger partial charge on any atom is 0.252 e. The third-order valence-electron chi connectivity index (χ3n) is 6.54. The summed E-state index contributed by atoms with van der Waals surface area (Å²) in [5.74, 6) is -0.174. The first-order chi connectivity index (χ1) is 17.1. The Labute approximate surface area is 205 Å². The number of ether oxygens (including phenoxy) is 1. The summed E-state index contributed by atoms with van der Waals surface area (Å²) in [5.41, 5.74) is 4.73. The van der Waals surface area contributed by atoms with Crippen molar-refractivity contribution in [2.24, 2.45) is 0 Å². The lowest BCUT2D eigenvalue weighted by Crippen LogP contribution is -2.50. The molecule has 0 unspecified atom stereocenters. The fourth-order valence-electron chi connectivity index (χ4n) is 4.67. The molecule has 3 aromatic carbocycles. The van der Waals surface area contributed by atoms with E-state index >= 15 is 0 Å². The van der Waals surface area contributed by atoms with Crippen molar-refractivity contribution >= 4 is 16.8 Å². The normalized spacial score (nSPS) is 15.1. The molecule has 6 nitrogen and oxygen atoms in total. The van der Waals surface area contributed by atoms with Crippen LogP contribution in [0, 0.1) is 5.21 Å². The fourth-order valence-corrected chi connectivity index (χ4v) is 4.67. The number of hydrogen-bond donors (Lipinski definition) is 1. The van der Waals surface area contributed by atoms with Crippen molar-refractivity contribution in [1.82, 2.24) is 10.3 Å². The predicted molar refractivity (Wildman–Crippen MR) is 138 cm³/mol. The van der Waals surface area contributed by atoms with Gasteiger partial charge in [-0.1, -0.05) is 78.9 Å². The van der Waals surface area contributed by atoms with Crippen LogP contribution >= 0.6 is 0 Å². The average molecular weight is 468 g/mol. The zero-order valence-electron chi connectivity index (χ0n) is 19.7. The van der Waals surface area contributed by atoms with Gasteiger partial charge in [0.25, 0.3) is 5.91 Å². The molecule has 35 heavy (non-hydrogen) atoms. The molecule has 0 saturated carbocycles. The smallest absolute Gasteiger partial charge is 0.252 e. The van der Waals surface area contributed by atoms with Gasteiger partial charge >= 0.3 is 0 Å². The number of rotatable bonds is 7. The molecule has 6 heteroatoms. The minimum atomic E-state index is -0.426. The molecule has 0 aliphatic carbocycles. The third kappa shape index (κ3) is 5.25. The summed E-state index contributed by atoms with van der Waals surface area (Å²) < 4.78 is 5.02. The van der Waals surface area contributed by atoms with E-state index < -0.39 is 4.65 Å². The number of carbonyl (C=O) groups excluding carboxylic acids is 1. The molecule has 0 radical (unpaired) electrons. The first-order valence-electron chi connectivity index (χ1n) is 12.1. The minimum Gasteiger partial charge on any atom is -0.632 e. The number of carbonyl (C=O) groups is 1. The van der Waals surface area contributed by atoms with E-state index in [1.165, 1.54) is 0 Å². The highest BCUT2D eigenvalue weighted by Gasteiger charge is 2.29. The second-order valence-electron chi connectivity index (χ2n) is 8.96. The van der Waals surface area contributed by atoms with Crippen molar-refractivity contribution in [3.05, 3.63) is 107 Å². The molecule has 0 atom stereocenters. The molecular formula is C29H29N3O3. The van der Waals surface area contributed by atoms with Crippen molar-refractivity contribution in [1.29, 1.82) is 0 Å². The monoisotopic (exact) mass is 467 g/mol. The van der Waals surface area contributed by atoms with E-state index in [-0.39, 0.29) is 12.5 Å². The van der Waals surface area contributed by atoms with E-state index in [0.29, 0.717) is 49.7 Å². The number of nitrogens with one attached hydrogen (secondary N) is 1. The number of quaternary nitrogens is 1. The second-order valence-corrected chi connectivity index (χ2v) is 8.96. The Bertz CT molecular complexity index is 1300. The molecule has 1 fully saturated rings. The van der Waals surface area contributed by atoms with Gasteiger partial charge in [-0.15, -0.1) is 0 Å². The highest BCUT2D eigenvalue weighted by atomic mass is 16.6. The third-order valence-corrected chi connectivity index (χ3v) is 6.54. The van der Waals surface area contributed by atoms with Crippen molar-refractivity contribution < 1.29 is 14.2 Å². The highest BCUT2D eigenvalue weighted by molar-refractivity contribution is 6.09. The SMILES string of the molecule is O=C(NCCc1ccccc1)c1c(C[N+]2([O-])CCOCC2)c(-c2ccccc2)nc2ccccc12. The standard InChI is InChI=1S/C29H29N3O3/c33-29(30-16-15-22-9-3-1-4-10-22)27-24-13-7-8-14-26(24)31-28(23-11-5-2-6-12-23)25(27)21-32(34)17-19-35-20-18-32/h1-14H,15-21H2,(H,30,33). The van der Waals surface area contributed by atoms with Gasteiger partial charge in [0.05, 0.1) is 30.0 Å². The summed E-state index contributed by atoms with van der Waals surface area (Å²) in [6.07, 6.45) is 0.732. The number of morpholine rings is 1. The van der Waals surface area contributed by atoms with E-state index in [4.69, 9.17) is 9.72 Å². The number of fused-ring (bicyclic) bond motifs is 1. The Balaban J connectivity index is 1.58. The van der Waals surface area contributed by atoms with Crippen LogP contribution < -0.4 is 5.32 Å². The molecule has 0 spiro atoms. The Kier molecular flexibility index (Phi) is 6.86. The molecule has 2 heterocycles. The Morgan fingerprint density at radius 2 is 1.57 bits per heavy atom. The van der Waals surface area contributed by atoms with E-state index in [1.807, 2.05) is 72.8 Å². The number of hydrogen-bond acceptors (Lipinski definition) is 4. The zero-order valence-corrected chi connectivity index (χ0v) is 19.7. The zero-order chi connectivity index (χ0) is 24.1. The molecule has 1 saturated heterocycles. The Hall–Kier alpha value is -3.58. The molecule has 1 aliphatic heterocycles. The number of hydroxylamine groups is 3. The van der Waals surface area contributed by atoms with Crippen LogP contribution in [0.2, 0.25) is 0 Å². The van der Waals surface area contributed by atoms with E-state index in [2.05, 4.69) is 17.4 Å². The van der Waals surface area contributed by atoms with Crippen LogP contribution in [-0.4, -0.2) is 48.4 Å². The van der Waals surface area contributed by atoms with Gasteiger partial charge in [-0.05, 0) is 18.1 Å². The molecule has 1 N–H and O–H groups in total. The van der Waals surface area contributed by atoms with Crippen molar-refractivity contribution in [2.45, 2.75) is 13.0 Å². The molecule has 4 aromatic rings. The maximum atomic E-state index is 13.7. The summed E-state index contributed by atoms with van der Waals surface area (Å²) in [6, 6.07) is 27.6. The van der Waals surface area contributed by atoms with Crippen LogP contribution in [-0.2, 0) is 17.7 Å². The Morgan fingerprint density at radius 3 is 2.31 bits per heavy atom. The van der Waals surface area contributed by atoms with Gasteiger partial charge in [-0.25, -0.2) is 4.98 Å². The summed E-state index contributed by atoms with van der Waals surface area (Å²) in [7, 11) is 0. The highest BCUT2D eigenvalue weighted by Crippen LogP contribution is 2.33. The van der Waals surface area contributed by atoms with Crippen LogP contribution in [0.3, 0.4) is 0 Å². The van der Waals surface area contributed by atoms with Gasteiger partial charge < -0.3 is 19.9 Å². The summed E-state index contributed by atoms with van der Waals surface area (Å²) in [6.45, 7) is 2.23. The number of nitrogens with zero attached hydrogens (tertiary/aromatic N) is 2. The number of aromatic nitrogens is 1. The first kappa shape index (κ1) is 23.2. The lowest BCUT2D eigenvalue weighted by Gasteiger charge is -2.45. The minimum absolute atomic E-state index is 0.173. The number of amides is 1. The van der Waals surface area contributed by atoms with E-state index in [1.54, 1.807) is 0 Å². The first-order valence-corrected chi connectivity index (χ1v) is 12.1. The van der Waals surface area contributed by atoms with E-state index in [0.717, 1.165) is 28.5 Å². The van der Waals surface area contributed by atoms with Crippen LogP contribution in [0.15, 0.2) is 84.9 Å². The maximum absolute atomic E-state index is 13.7. The largest absolute Gasteiger partial charge is 0.632 e. The van der Waals surface area contributed by atoms with Crippen molar-refractivity contribution in [3.63, 3.8) is 0 Å². The van der Waals surface area contributed by atoms with Gasteiger partial charge in [-0.3, -0.25) is 4.79 Å². The number of pyridine rings is 1. The summed E-state index contributed by atoms with van der Waals surface area (Å²) in [4.78, 5) is 18.7.